The van der Waals surface area contributed by atoms with Gasteiger partial charge in [-0.15, -0.1) is 0 Å². The number of nitrogens with one attached hydrogen (secondary N) is 2. The number of halogens is 3. The van der Waals surface area contributed by atoms with Crippen LogP contribution < -0.4 is 14.9 Å². The number of carbonyl (C=O) groups is 2. The molecule has 3 aromatic rings. The minimum absolute atomic E-state index is 0.0583. The molecule has 8 nitrogen and oxygen atoms in total. The van der Waals surface area contributed by atoms with Gasteiger partial charge in [0.1, 0.15) is 4.90 Å². The van der Waals surface area contributed by atoms with Gasteiger partial charge in [-0.2, -0.15) is 13.5 Å². The number of rotatable bonds is 7. The summed E-state index contributed by atoms with van der Waals surface area (Å²) in [5.41, 5.74) is 3.67. The number of carbonyl (C=O) groups excluding carboxylic acids is 2. The first kappa shape index (κ1) is 25.7. The first-order valence-electron chi connectivity index (χ1n) is 9.45. The first-order chi connectivity index (χ1) is 16.0. The molecule has 12 heteroatoms. The highest BCUT2D eigenvalue weighted by Crippen LogP contribution is 2.29. The molecule has 0 bridgehead atoms. The average Bonchev–Trinajstić information content (AvgIpc) is 2.77. The fourth-order valence-corrected chi connectivity index (χ4v) is 4.44. The van der Waals surface area contributed by atoms with Crippen molar-refractivity contribution in [3.63, 3.8) is 0 Å². The molecule has 0 fully saturated rings. The highest BCUT2D eigenvalue weighted by atomic mass is 79.9. The van der Waals surface area contributed by atoms with Crippen molar-refractivity contribution in [1.82, 2.24) is 5.43 Å². The normalized spacial score (nSPS) is 11.3. The van der Waals surface area contributed by atoms with Gasteiger partial charge in [-0.1, -0.05) is 23.2 Å². The Labute approximate surface area is 214 Å². The number of nitrogens with zero attached hydrogens (tertiary/aromatic N) is 1. The molecule has 176 valence electrons. The standard InChI is InChI=1S/C22H16BrCl2N3O5S/c1-13(29)27-16-4-6-17(7-5-16)34(31,32)33-21-9-2-14(10-18(21)23)12-26-28-22(30)15-3-8-19(24)20(25)11-15/h2-12H,1H3,(H,27,29)(H,28,30)/b26-12-. The van der Waals surface area contributed by atoms with Crippen LogP contribution in [0.2, 0.25) is 10.0 Å². The lowest BCUT2D eigenvalue weighted by Crippen LogP contribution is -2.17. The Morgan fingerprint density at radius 3 is 2.32 bits per heavy atom. The van der Waals surface area contributed by atoms with Gasteiger partial charge in [-0.3, -0.25) is 9.59 Å². The highest BCUT2D eigenvalue weighted by molar-refractivity contribution is 9.10. The van der Waals surface area contributed by atoms with Gasteiger partial charge in [0.15, 0.2) is 5.75 Å². The van der Waals surface area contributed by atoms with Gasteiger partial charge in [0, 0.05) is 18.2 Å². The zero-order valence-corrected chi connectivity index (χ0v) is 21.3. The summed E-state index contributed by atoms with van der Waals surface area (Å²) in [6, 6.07) is 14.6. The Hall–Kier alpha value is -2.92. The number of anilines is 1. The van der Waals surface area contributed by atoms with E-state index < -0.39 is 16.0 Å². The van der Waals surface area contributed by atoms with Crippen molar-refractivity contribution in [2.45, 2.75) is 11.8 Å². The molecule has 0 aromatic heterocycles. The number of hydrazone groups is 1. The smallest absolute Gasteiger partial charge is 0.339 e. The second kappa shape index (κ2) is 11.0. The maximum Gasteiger partial charge on any atom is 0.339 e. The van der Waals surface area contributed by atoms with Crippen LogP contribution in [0, 0.1) is 0 Å². The van der Waals surface area contributed by atoms with Crippen molar-refractivity contribution in [2.75, 3.05) is 5.32 Å². The third-order valence-corrected chi connectivity index (χ3v) is 6.79. The Morgan fingerprint density at radius 2 is 1.71 bits per heavy atom. The molecule has 0 aliphatic carbocycles. The van der Waals surface area contributed by atoms with Crippen molar-refractivity contribution >= 4 is 73.0 Å². The lowest BCUT2D eigenvalue weighted by Gasteiger charge is -2.10. The van der Waals surface area contributed by atoms with Gasteiger partial charge in [0.2, 0.25) is 5.91 Å². The predicted octanol–water partition coefficient (Wildman–Crippen LogP) is 5.25. The fourth-order valence-electron chi connectivity index (χ4n) is 2.61. The lowest BCUT2D eigenvalue weighted by atomic mass is 10.2. The maximum absolute atomic E-state index is 12.6. The molecule has 0 saturated carbocycles. The molecule has 0 radical (unpaired) electrons. The molecule has 3 aromatic carbocycles. The monoisotopic (exact) mass is 583 g/mol. The van der Waals surface area contributed by atoms with Crippen molar-refractivity contribution in [2.24, 2.45) is 5.10 Å². The van der Waals surface area contributed by atoms with Crippen LogP contribution in [0.25, 0.3) is 0 Å². The summed E-state index contributed by atoms with van der Waals surface area (Å²) in [6.07, 6.45) is 1.37. The van der Waals surface area contributed by atoms with Crippen LogP contribution in [0.15, 0.2) is 75.1 Å². The van der Waals surface area contributed by atoms with E-state index in [1.54, 1.807) is 12.1 Å². The Balaban J connectivity index is 1.66. The Bertz CT molecular complexity index is 1380. The molecule has 2 amide bonds. The zero-order chi connectivity index (χ0) is 24.9. The Morgan fingerprint density at radius 1 is 1.00 bits per heavy atom. The summed E-state index contributed by atoms with van der Waals surface area (Å²) < 4.78 is 30.7. The molecule has 0 saturated heterocycles. The summed E-state index contributed by atoms with van der Waals surface area (Å²) in [7, 11) is -4.11. The van der Waals surface area contributed by atoms with E-state index in [1.165, 1.54) is 61.7 Å². The van der Waals surface area contributed by atoms with E-state index in [0.717, 1.165) is 0 Å². The topological polar surface area (TPSA) is 114 Å². The van der Waals surface area contributed by atoms with Gasteiger partial charge >= 0.3 is 10.1 Å². The van der Waals surface area contributed by atoms with E-state index in [9.17, 15) is 18.0 Å². The average molecular weight is 585 g/mol. The molecular formula is C22H16BrCl2N3O5S. The number of hydrogen-bond acceptors (Lipinski definition) is 6. The first-order valence-corrected chi connectivity index (χ1v) is 12.4. The third-order valence-electron chi connectivity index (χ3n) is 4.18. The summed E-state index contributed by atoms with van der Waals surface area (Å²) >= 11 is 15.0. The van der Waals surface area contributed by atoms with E-state index in [2.05, 4.69) is 31.8 Å². The van der Waals surface area contributed by atoms with Gasteiger partial charge in [-0.05, 0) is 82.2 Å². The van der Waals surface area contributed by atoms with Gasteiger partial charge in [0.05, 0.1) is 20.7 Å². The van der Waals surface area contributed by atoms with Crippen molar-refractivity contribution in [1.29, 1.82) is 0 Å². The summed E-state index contributed by atoms with van der Waals surface area (Å²) in [5.74, 6) is -0.694. The van der Waals surface area contributed by atoms with Crippen LogP contribution in [0.5, 0.6) is 5.75 Å². The van der Waals surface area contributed by atoms with E-state index in [1.807, 2.05) is 0 Å². The number of amides is 2. The van der Waals surface area contributed by atoms with Crippen LogP contribution in [0.1, 0.15) is 22.8 Å². The lowest BCUT2D eigenvalue weighted by molar-refractivity contribution is -0.114. The van der Waals surface area contributed by atoms with Crippen LogP contribution in [0.4, 0.5) is 5.69 Å². The van der Waals surface area contributed by atoms with Gasteiger partial charge in [0.25, 0.3) is 5.91 Å². The second-order valence-electron chi connectivity index (χ2n) is 6.76. The van der Waals surface area contributed by atoms with Crippen LogP contribution >= 0.6 is 39.1 Å². The Kier molecular flexibility index (Phi) is 8.32. The molecule has 0 aliphatic rings. The molecule has 0 heterocycles. The van der Waals surface area contributed by atoms with Crippen LogP contribution in [-0.4, -0.2) is 26.4 Å². The fraction of sp³-hybridized carbons (Fsp3) is 0.0455. The van der Waals surface area contributed by atoms with Crippen molar-refractivity contribution < 1.29 is 22.2 Å². The molecular weight excluding hydrogens is 569 g/mol. The van der Waals surface area contributed by atoms with Crippen LogP contribution in [-0.2, 0) is 14.9 Å². The SMILES string of the molecule is CC(=O)Nc1ccc(S(=O)(=O)Oc2ccc(/C=N\NC(=O)c3ccc(Cl)c(Cl)c3)cc2Br)cc1. The summed E-state index contributed by atoms with van der Waals surface area (Å²) in [4.78, 5) is 23.2. The highest BCUT2D eigenvalue weighted by Gasteiger charge is 2.18. The molecule has 3 rings (SSSR count). The quantitative estimate of drug-likeness (QED) is 0.224. The largest absolute Gasteiger partial charge is 0.378 e. The van der Waals surface area contributed by atoms with E-state index in [0.29, 0.717) is 20.7 Å². The second-order valence-corrected chi connectivity index (χ2v) is 9.98. The predicted molar refractivity (Wildman–Crippen MR) is 134 cm³/mol. The van der Waals surface area contributed by atoms with Crippen molar-refractivity contribution in [3.05, 3.63) is 86.3 Å². The van der Waals surface area contributed by atoms with Gasteiger partial charge in [-0.25, -0.2) is 5.43 Å². The number of hydrogen-bond donors (Lipinski definition) is 2. The van der Waals surface area contributed by atoms with Gasteiger partial charge < -0.3 is 9.50 Å². The molecule has 34 heavy (non-hydrogen) atoms. The zero-order valence-electron chi connectivity index (χ0n) is 17.4. The molecule has 0 spiro atoms. The van der Waals surface area contributed by atoms with Crippen molar-refractivity contribution in [3.8, 4) is 5.75 Å². The minimum atomic E-state index is -4.11. The molecule has 2 N–H and O–H groups in total. The maximum atomic E-state index is 12.6. The summed E-state index contributed by atoms with van der Waals surface area (Å²) in [5, 5.41) is 7.01. The van der Waals surface area contributed by atoms with E-state index in [4.69, 9.17) is 27.4 Å². The molecule has 0 atom stereocenters. The van der Waals surface area contributed by atoms with Crippen LogP contribution in [0.3, 0.4) is 0 Å². The summed E-state index contributed by atoms with van der Waals surface area (Å²) in [6.45, 7) is 1.35. The number of benzene rings is 3. The van der Waals surface area contributed by atoms with E-state index >= 15 is 0 Å². The third kappa shape index (κ3) is 6.80. The van der Waals surface area contributed by atoms with E-state index in [-0.39, 0.29) is 27.1 Å². The minimum Gasteiger partial charge on any atom is -0.378 e. The molecule has 0 aliphatic heterocycles. The molecule has 0 unspecified atom stereocenters.